The first-order chi connectivity index (χ1) is 10.9. The molecule has 3 heterocycles. The summed E-state index contributed by atoms with van der Waals surface area (Å²) in [5, 5.41) is 8.24. The van der Waals surface area contributed by atoms with E-state index < -0.39 is 0 Å². The zero-order valence-corrected chi connectivity index (χ0v) is 14.4. The van der Waals surface area contributed by atoms with Gasteiger partial charge >= 0.3 is 0 Å². The molecule has 1 aliphatic heterocycles. The Bertz CT molecular complexity index is 696. The van der Waals surface area contributed by atoms with E-state index in [1.807, 2.05) is 13.8 Å². The van der Waals surface area contributed by atoms with Crippen LogP contribution < -0.4 is 4.74 Å². The van der Waals surface area contributed by atoms with Crippen LogP contribution >= 0.6 is 0 Å². The summed E-state index contributed by atoms with van der Waals surface area (Å²) in [6, 6.07) is 0.362. The lowest BCUT2D eigenvalue weighted by Crippen LogP contribution is -2.32. The number of nitrogens with zero attached hydrogens (tertiary/aromatic N) is 6. The van der Waals surface area contributed by atoms with E-state index in [1.54, 1.807) is 6.33 Å². The maximum atomic E-state index is 6.00. The number of fused-ring (bicyclic) bond motifs is 1. The number of aromatic nitrogens is 5. The highest BCUT2D eigenvalue weighted by molar-refractivity contribution is 5.34. The van der Waals surface area contributed by atoms with Gasteiger partial charge in [-0.05, 0) is 34.7 Å². The second-order valence-corrected chi connectivity index (χ2v) is 6.53. The van der Waals surface area contributed by atoms with E-state index in [2.05, 4.69) is 50.5 Å². The SMILES string of the molecule is Cc1nc(C)c2c(n1)OC(CN(C)Cc1nncn1C(C)C)C2. The van der Waals surface area contributed by atoms with Crippen molar-refractivity contribution in [3.63, 3.8) is 0 Å². The third-order valence-corrected chi connectivity index (χ3v) is 4.13. The molecule has 0 saturated carbocycles. The predicted molar refractivity (Wildman–Crippen MR) is 86.4 cm³/mol. The molecule has 1 unspecified atom stereocenters. The van der Waals surface area contributed by atoms with Gasteiger partial charge in [-0.3, -0.25) is 4.90 Å². The summed E-state index contributed by atoms with van der Waals surface area (Å²) in [6.45, 7) is 9.75. The summed E-state index contributed by atoms with van der Waals surface area (Å²) in [5.74, 6) is 2.49. The van der Waals surface area contributed by atoms with Gasteiger partial charge in [0.2, 0.25) is 5.88 Å². The zero-order chi connectivity index (χ0) is 16.6. The minimum absolute atomic E-state index is 0.111. The molecule has 3 rings (SSSR count). The van der Waals surface area contributed by atoms with Crippen LogP contribution in [0.3, 0.4) is 0 Å². The molecule has 2 aromatic heterocycles. The number of hydrogen-bond donors (Lipinski definition) is 0. The number of likely N-dealkylation sites (N-methyl/N-ethyl adjacent to an activating group) is 1. The number of rotatable bonds is 5. The van der Waals surface area contributed by atoms with Gasteiger partial charge in [-0.15, -0.1) is 10.2 Å². The third kappa shape index (κ3) is 3.34. The Hall–Kier alpha value is -2.02. The Morgan fingerprint density at radius 2 is 2.13 bits per heavy atom. The van der Waals surface area contributed by atoms with Gasteiger partial charge in [0.1, 0.15) is 24.1 Å². The fraction of sp³-hybridized carbons (Fsp3) is 0.625. The molecule has 0 aliphatic carbocycles. The molecular formula is C16H24N6O. The van der Waals surface area contributed by atoms with Crippen LogP contribution in [0.25, 0.3) is 0 Å². The third-order valence-electron chi connectivity index (χ3n) is 4.13. The van der Waals surface area contributed by atoms with Crippen LogP contribution in [-0.4, -0.2) is 49.3 Å². The van der Waals surface area contributed by atoms with E-state index in [-0.39, 0.29) is 6.10 Å². The van der Waals surface area contributed by atoms with Crippen molar-refractivity contribution in [1.29, 1.82) is 0 Å². The van der Waals surface area contributed by atoms with Crippen LogP contribution in [0.5, 0.6) is 5.88 Å². The Morgan fingerprint density at radius 1 is 1.35 bits per heavy atom. The highest BCUT2D eigenvalue weighted by Gasteiger charge is 2.28. The van der Waals surface area contributed by atoms with Crippen LogP contribution in [0.2, 0.25) is 0 Å². The molecule has 7 nitrogen and oxygen atoms in total. The van der Waals surface area contributed by atoms with Gasteiger partial charge in [-0.2, -0.15) is 4.98 Å². The molecule has 124 valence electrons. The first kappa shape index (κ1) is 15.9. The van der Waals surface area contributed by atoms with Crippen LogP contribution in [0.1, 0.15) is 42.8 Å². The maximum Gasteiger partial charge on any atom is 0.220 e. The maximum absolute atomic E-state index is 6.00. The monoisotopic (exact) mass is 316 g/mol. The molecule has 0 fully saturated rings. The highest BCUT2D eigenvalue weighted by Crippen LogP contribution is 2.28. The van der Waals surface area contributed by atoms with Crippen molar-refractivity contribution in [3.8, 4) is 5.88 Å². The molecule has 0 saturated heterocycles. The van der Waals surface area contributed by atoms with E-state index >= 15 is 0 Å². The molecule has 0 radical (unpaired) electrons. The molecule has 0 bridgehead atoms. The lowest BCUT2D eigenvalue weighted by atomic mass is 10.1. The van der Waals surface area contributed by atoms with E-state index in [0.29, 0.717) is 6.04 Å². The lowest BCUT2D eigenvalue weighted by Gasteiger charge is -2.21. The zero-order valence-electron chi connectivity index (χ0n) is 14.4. The van der Waals surface area contributed by atoms with E-state index in [1.165, 1.54) is 0 Å². The summed E-state index contributed by atoms with van der Waals surface area (Å²) in [6.07, 6.45) is 2.76. The molecule has 7 heteroatoms. The normalized spacial score (nSPS) is 16.9. The number of ether oxygens (including phenoxy) is 1. The molecule has 0 amide bonds. The molecule has 0 spiro atoms. The van der Waals surface area contributed by atoms with Crippen LogP contribution in [-0.2, 0) is 13.0 Å². The van der Waals surface area contributed by atoms with E-state index in [0.717, 1.165) is 48.3 Å². The fourth-order valence-electron chi connectivity index (χ4n) is 3.03. The quantitative estimate of drug-likeness (QED) is 0.836. The van der Waals surface area contributed by atoms with Crippen molar-refractivity contribution in [2.45, 2.75) is 52.8 Å². The molecule has 2 aromatic rings. The summed E-state index contributed by atoms with van der Waals surface area (Å²) < 4.78 is 8.10. The van der Waals surface area contributed by atoms with E-state index in [9.17, 15) is 0 Å². The van der Waals surface area contributed by atoms with Crippen LogP contribution in [0.4, 0.5) is 0 Å². The second-order valence-electron chi connectivity index (χ2n) is 6.53. The van der Waals surface area contributed by atoms with Crippen LogP contribution in [0, 0.1) is 13.8 Å². The smallest absolute Gasteiger partial charge is 0.220 e. The molecule has 0 N–H and O–H groups in total. The summed E-state index contributed by atoms with van der Waals surface area (Å²) in [4.78, 5) is 11.0. The van der Waals surface area contributed by atoms with Gasteiger partial charge in [0, 0.05) is 30.3 Å². The largest absolute Gasteiger partial charge is 0.472 e. The van der Waals surface area contributed by atoms with Gasteiger partial charge in [0.25, 0.3) is 0 Å². The number of hydrogen-bond acceptors (Lipinski definition) is 6. The van der Waals surface area contributed by atoms with Gasteiger partial charge in [0.05, 0.1) is 6.54 Å². The standard InChI is InChI=1S/C16H24N6O/c1-10(2)22-9-17-20-15(22)8-21(5)7-13-6-14-11(3)18-12(4)19-16(14)23-13/h9-10,13H,6-8H2,1-5H3. The van der Waals surface area contributed by atoms with Crippen molar-refractivity contribution in [2.24, 2.45) is 0 Å². The minimum Gasteiger partial charge on any atom is -0.472 e. The fourth-order valence-corrected chi connectivity index (χ4v) is 3.03. The molecule has 23 heavy (non-hydrogen) atoms. The Labute approximate surface area is 136 Å². The predicted octanol–water partition coefficient (Wildman–Crippen LogP) is 1.70. The first-order valence-electron chi connectivity index (χ1n) is 8.01. The van der Waals surface area contributed by atoms with Crippen molar-refractivity contribution in [1.82, 2.24) is 29.6 Å². The Balaban J connectivity index is 1.63. The summed E-state index contributed by atoms with van der Waals surface area (Å²) >= 11 is 0. The van der Waals surface area contributed by atoms with Crippen molar-refractivity contribution in [3.05, 3.63) is 29.2 Å². The molecule has 0 aromatic carbocycles. The average molecular weight is 316 g/mol. The highest BCUT2D eigenvalue weighted by atomic mass is 16.5. The topological polar surface area (TPSA) is 69.0 Å². The van der Waals surface area contributed by atoms with Crippen LogP contribution in [0.15, 0.2) is 6.33 Å². The van der Waals surface area contributed by atoms with E-state index in [4.69, 9.17) is 4.74 Å². The van der Waals surface area contributed by atoms with Gasteiger partial charge in [0.15, 0.2) is 0 Å². The summed E-state index contributed by atoms with van der Waals surface area (Å²) in [5.41, 5.74) is 2.16. The molecule has 1 atom stereocenters. The van der Waals surface area contributed by atoms with Crippen molar-refractivity contribution in [2.75, 3.05) is 13.6 Å². The van der Waals surface area contributed by atoms with Crippen molar-refractivity contribution < 1.29 is 4.74 Å². The molecular weight excluding hydrogens is 292 g/mol. The van der Waals surface area contributed by atoms with Crippen molar-refractivity contribution >= 4 is 0 Å². The molecule has 1 aliphatic rings. The Kier molecular flexibility index (Phi) is 4.30. The second kappa shape index (κ2) is 6.23. The number of aryl methyl sites for hydroxylation is 2. The van der Waals surface area contributed by atoms with Gasteiger partial charge in [-0.25, -0.2) is 4.98 Å². The average Bonchev–Trinajstić information content (AvgIpc) is 3.05. The summed E-state index contributed by atoms with van der Waals surface area (Å²) in [7, 11) is 2.08. The van der Waals surface area contributed by atoms with Gasteiger partial charge in [-0.1, -0.05) is 0 Å². The first-order valence-corrected chi connectivity index (χ1v) is 8.01. The Morgan fingerprint density at radius 3 is 2.87 bits per heavy atom. The lowest BCUT2D eigenvalue weighted by molar-refractivity contribution is 0.157. The van der Waals surface area contributed by atoms with Gasteiger partial charge < -0.3 is 9.30 Å². The minimum atomic E-state index is 0.111.